The predicted molar refractivity (Wildman–Crippen MR) is 77.7 cm³/mol. The van der Waals surface area contributed by atoms with E-state index in [9.17, 15) is 0 Å². The van der Waals surface area contributed by atoms with Gasteiger partial charge in [-0.25, -0.2) is 0 Å². The number of aryl methyl sites for hydroxylation is 1. The van der Waals surface area contributed by atoms with Crippen LogP contribution in [0.3, 0.4) is 0 Å². The van der Waals surface area contributed by atoms with Crippen molar-refractivity contribution in [1.82, 2.24) is 0 Å². The van der Waals surface area contributed by atoms with Crippen LogP contribution in [0.25, 0.3) is 0 Å². The van der Waals surface area contributed by atoms with Crippen molar-refractivity contribution < 1.29 is 4.42 Å². The number of nitrogens with two attached hydrogens (primary N) is 1. The normalized spacial score (nSPS) is 14.8. The van der Waals surface area contributed by atoms with Crippen LogP contribution in [0.5, 0.6) is 0 Å². The van der Waals surface area contributed by atoms with Crippen molar-refractivity contribution in [2.75, 3.05) is 0 Å². The van der Waals surface area contributed by atoms with E-state index in [1.807, 2.05) is 19.9 Å². The molecule has 0 aliphatic heterocycles. The topological polar surface area (TPSA) is 39.2 Å². The number of hydrogen-bond donors (Lipinski definition) is 1. The maximum atomic E-state index is 6.08. The molecule has 0 saturated carbocycles. The second-order valence-corrected chi connectivity index (χ2v) is 7.56. The van der Waals surface area contributed by atoms with Crippen LogP contribution >= 0.6 is 39.0 Å². The molecule has 17 heavy (non-hydrogen) atoms. The molecule has 5 heteroatoms. The molecule has 0 saturated heterocycles. The van der Waals surface area contributed by atoms with Crippen LogP contribution in [0.4, 0.5) is 0 Å². The maximum absolute atomic E-state index is 6.08. The Bertz CT molecular complexity index is 492. The zero-order chi connectivity index (χ0) is 12.4. The van der Waals surface area contributed by atoms with E-state index in [2.05, 4.69) is 28.1 Å². The van der Waals surface area contributed by atoms with Gasteiger partial charge in [0.1, 0.15) is 5.76 Å². The molecule has 0 radical (unpaired) electrons. The summed E-state index contributed by atoms with van der Waals surface area (Å²) in [4.78, 5) is 2.45. The molecule has 0 amide bonds. The van der Waals surface area contributed by atoms with Crippen LogP contribution in [0.2, 0.25) is 0 Å². The van der Waals surface area contributed by atoms with Crippen molar-refractivity contribution in [3.63, 3.8) is 0 Å². The Balaban J connectivity index is 2.22. The summed E-state index contributed by atoms with van der Waals surface area (Å²) in [6.45, 7) is 4.02. The van der Waals surface area contributed by atoms with E-state index in [0.717, 1.165) is 14.4 Å². The summed E-state index contributed by atoms with van der Waals surface area (Å²) in [5.74, 6) is 0.955. The fraction of sp³-hybridized carbons (Fsp3) is 0.333. The number of furan rings is 1. The highest BCUT2D eigenvalue weighted by atomic mass is 79.9. The first-order valence-corrected chi connectivity index (χ1v) is 7.78. The standard InChI is InChI=1S/C12H14BrNOS2/c1-7(14)12(10-3-4-11(13)16-10)17-9-5-6-15-8(9)2/h3-7,12H,14H2,1-2H3. The largest absolute Gasteiger partial charge is 0.468 e. The number of thioether (sulfide) groups is 1. The van der Waals surface area contributed by atoms with Crippen molar-refractivity contribution in [2.45, 2.75) is 30.0 Å². The van der Waals surface area contributed by atoms with Crippen molar-refractivity contribution >= 4 is 39.0 Å². The minimum Gasteiger partial charge on any atom is -0.468 e. The van der Waals surface area contributed by atoms with Gasteiger partial charge in [0.15, 0.2) is 0 Å². The van der Waals surface area contributed by atoms with Gasteiger partial charge in [0, 0.05) is 15.8 Å². The first-order chi connectivity index (χ1) is 8.08. The van der Waals surface area contributed by atoms with Crippen LogP contribution in [0.1, 0.15) is 22.8 Å². The van der Waals surface area contributed by atoms with Crippen LogP contribution in [0.15, 0.2) is 37.6 Å². The van der Waals surface area contributed by atoms with E-state index in [-0.39, 0.29) is 11.3 Å². The molecule has 0 fully saturated rings. The van der Waals surface area contributed by atoms with E-state index in [0.29, 0.717) is 0 Å². The molecule has 0 spiro atoms. The summed E-state index contributed by atoms with van der Waals surface area (Å²) >= 11 is 7.00. The summed E-state index contributed by atoms with van der Waals surface area (Å²) in [6.07, 6.45) is 1.72. The Morgan fingerprint density at radius 3 is 2.65 bits per heavy atom. The Morgan fingerprint density at radius 2 is 2.18 bits per heavy atom. The molecule has 2 aromatic rings. The minimum atomic E-state index is 0.0971. The van der Waals surface area contributed by atoms with Crippen LogP contribution in [-0.4, -0.2) is 6.04 Å². The summed E-state index contributed by atoms with van der Waals surface area (Å²) in [5.41, 5.74) is 6.08. The summed E-state index contributed by atoms with van der Waals surface area (Å²) in [5, 5.41) is 0.266. The zero-order valence-electron chi connectivity index (χ0n) is 9.64. The van der Waals surface area contributed by atoms with Crippen LogP contribution in [0, 0.1) is 6.92 Å². The average Bonchev–Trinajstić information content (AvgIpc) is 2.84. The first-order valence-electron chi connectivity index (χ1n) is 5.29. The van der Waals surface area contributed by atoms with Crippen molar-refractivity contribution in [3.8, 4) is 0 Å². The highest BCUT2D eigenvalue weighted by molar-refractivity contribution is 9.11. The predicted octanol–water partition coefficient (Wildman–Crippen LogP) is 4.59. The Morgan fingerprint density at radius 1 is 1.41 bits per heavy atom. The summed E-state index contributed by atoms with van der Waals surface area (Å²) in [6, 6.07) is 6.29. The smallest absolute Gasteiger partial charge is 0.114 e. The van der Waals surface area contributed by atoms with Gasteiger partial charge in [-0.05, 0) is 48.0 Å². The lowest BCUT2D eigenvalue weighted by Gasteiger charge is -2.18. The van der Waals surface area contributed by atoms with Crippen molar-refractivity contribution in [2.24, 2.45) is 5.73 Å². The van der Waals surface area contributed by atoms with Crippen molar-refractivity contribution in [3.05, 3.63) is 38.9 Å². The molecule has 2 atom stereocenters. The summed E-state index contributed by atoms with van der Waals surface area (Å²) in [7, 11) is 0. The second-order valence-electron chi connectivity index (χ2n) is 3.88. The highest BCUT2D eigenvalue weighted by Gasteiger charge is 2.21. The van der Waals surface area contributed by atoms with E-state index < -0.39 is 0 Å². The Kier molecular flexibility index (Phi) is 4.36. The third kappa shape index (κ3) is 3.16. The van der Waals surface area contributed by atoms with Gasteiger partial charge in [-0.3, -0.25) is 0 Å². The van der Waals surface area contributed by atoms with Gasteiger partial charge < -0.3 is 10.2 Å². The maximum Gasteiger partial charge on any atom is 0.114 e. The van der Waals surface area contributed by atoms with Crippen LogP contribution < -0.4 is 5.73 Å². The van der Waals surface area contributed by atoms with E-state index >= 15 is 0 Å². The molecule has 2 unspecified atom stereocenters. The van der Waals surface area contributed by atoms with Gasteiger partial charge in [0.2, 0.25) is 0 Å². The van der Waals surface area contributed by atoms with Gasteiger partial charge in [-0.1, -0.05) is 0 Å². The fourth-order valence-corrected chi connectivity index (χ4v) is 4.38. The second kappa shape index (κ2) is 5.61. The number of hydrogen-bond acceptors (Lipinski definition) is 4. The molecule has 0 aliphatic carbocycles. The zero-order valence-corrected chi connectivity index (χ0v) is 12.9. The number of thiophene rings is 1. The van der Waals surface area contributed by atoms with E-state index in [1.54, 1.807) is 29.4 Å². The van der Waals surface area contributed by atoms with Crippen molar-refractivity contribution in [1.29, 1.82) is 0 Å². The first kappa shape index (κ1) is 13.2. The monoisotopic (exact) mass is 331 g/mol. The summed E-state index contributed by atoms with van der Waals surface area (Å²) < 4.78 is 6.46. The Hall–Kier alpha value is -0.230. The van der Waals surface area contributed by atoms with E-state index in [4.69, 9.17) is 10.2 Å². The lowest BCUT2D eigenvalue weighted by molar-refractivity contribution is 0.526. The molecular weight excluding hydrogens is 318 g/mol. The molecule has 2 rings (SSSR count). The molecular formula is C12H14BrNOS2. The van der Waals surface area contributed by atoms with E-state index in [1.165, 1.54) is 4.88 Å². The SMILES string of the molecule is Cc1occc1SC(c1ccc(Br)s1)C(C)N. The Labute approximate surface area is 118 Å². The third-order valence-corrected chi connectivity index (χ3v) is 5.89. The van der Waals surface area contributed by atoms with Gasteiger partial charge in [-0.2, -0.15) is 0 Å². The minimum absolute atomic E-state index is 0.0971. The van der Waals surface area contributed by atoms with Gasteiger partial charge in [0.25, 0.3) is 0 Å². The number of halogens is 1. The molecule has 2 heterocycles. The molecule has 0 aliphatic rings. The molecule has 2 aromatic heterocycles. The fourth-order valence-electron chi connectivity index (χ4n) is 1.54. The molecule has 0 bridgehead atoms. The third-order valence-electron chi connectivity index (χ3n) is 2.42. The quantitative estimate of drug-likeness (QED) is 0.832. The lowest BCUT2D eigenvalue weighted by Crippen LogP contribution is -2.21. The van der Waals surface area contributed by atoms with Gasteiger partial charge in [0.05, 0.1) is 15.3 Å². The number of rotatable bonds is 4. The molecule has 2 N–H and O–H groups in total. The van der Waals surface area contributed by atoms with Gasteiger partial charge >= 0.3 is 0 Å². The molecule has 2 nitrogen and oxygen atoms in total. The lowest BCUT2D eigenvalue weighted by atomic mass is 10.2. The van der Waals surface area contributed by atoms with Gasteiger partial charge in [-0.15, -0.1) is 23.1 Å². The molecule has 92 valence electrons. The molecule has 0 aromatic carbocycles. The highest BCUT2D eigenvalue weighted by Crippen LogP contribution is 2.42. The average molecular weight is 332 g/mol. The van der Waals surface area contributed by atoms with Crippen LogP contribution in [-0.2, 0) is 0 Å².